The highest BCUT2D eigenvalue weighted by Crippen LogP contribution is 2.29. The quantitative estimate of drug-likeness (QED) is 0.379. The smallest absolute Gasteiger partial charge is 0.244 e. The molecule has 1 aliphatic heterocycles. The molecule has 0 N–H and O–H groups in total. The number of halogens is 2. The van der Waals surface area contributed by atoms with Crippen LogP contribution in [0.5, 0.6) is 0 Å². The fourth-order valence-electron chi connectivity index (χ4n) is 4.24. The van der Waals surface area contributed by atoms with Gasteiger partial charge < -0.3 is 0 Å². The van der Waals surface area contributed by atoms with Crippen molar-refractivity contribution in [2.45, 2.75) is 23.8 Å². The molecule has 7 heteroatoms. The molecule has 1 saturated heterocycles. The monoisotopic (exact) mass is 576 g/mol. The van der Waals surface area contributed by atoms with Gasteiger partial charge in [0.15, 0.2) is 0 Å². The summed E-state index contributed by atoms with van der Waals surface area (Å²) in [5.41, 5.74) is 2.62. The molecule has 32 heavy (non-hydrogen) atoms. The van der Waals surface area contributed by atoms with E-state index in [1.165, 1.54) is 11.1 Å². The lowest BCUT2D eigenvalue weighted by atomic mass is 9.97. The Hall–Kier alpha value is -1.51. The van der Waals surface area contributed by atoms with Crippen molar-refractivity contribution >= 4 is 41.9 Å². The zero-order chi connectivity index (χ0) is 22.6. The Labute approximate surface area is 207 Å². The largest absolute Gasteiger partial charge is 0.297 e. The molecule has 0 spiro atoms. The number of hydrogen-bond donors (Lipinski definition) is 0. The SMILES string of the molecule is O=S(=O)(c1ccc(Br)cc1Br)N1CCN(C(Cc2ccccc2)Cc2ccccc2)CC1. The van der Waals surface area contributed by atoms with Gasteiger partial charge in [-0.1, -0.05) is 76.6 Å². The van der Waals surface area contributed by atoms with E-state index in [1.54, 1.807) is 22.5 Å². The lowest BCUT2D eigenvalue weighted by Gasteiger charge is -2.39. The van der Waals surface area contributed by atoms with E-state index in [0.29, 0.717) is 28.5 Å². The van der Waals surface area contributed by atoms with Crippen molar-refractivity contribution in [3.8, 4) is 0 Å². The Morgan fingerprint density at radius 2 is 1.28 bits per heavy atom. The fraction of sp³-hybridized carbons (Fsp3) is 0.280. The van der Waals surface area contributed by atoms with Crippen LogP contribution in [0, 0.1) is 0 Å². The van der Waals surface area contributed by atoms with Crippen LogP contribution in [0.25, 0.3) is 0 Å². The van der Waals surface area contributed by atoms with Gasteiger partial charge in [0.05, 0.1) is 4.90 Å². The van der Waals surface area contributed by atoms with E-state index in [1.807, 2.05) is 12.1 Å². The lowest BCUT2D eigenvalue weighted by molar-refractivity contribution is 0.135. The van der Waals surface area contributed by atoms with E-state index >= 15 is 0 Å². The van der Waals surface area contributed by atoms with Gasteiger partial charge in [-0.15, -0.1) is 0 Å². The number of benzene rings is 3. The first-order valence-corrected chi connectivity index (χ1v) is 13.7. The topological polar surface area (TPSA) is 40.6 Å². The van der Waals surface area contributed by atoms with Crippen LogP contribution in [0.2, 0.25) is 0 Å². The Morgan fingerprint density at radius 3 is 1.78 bits per heavy atom. The summed E-state index contributed by atoms with van der Waals surface area (Å²) in [6.45, 7) is 2.42. The molecule has 0 aliphatic carbocycles. The second-order valence-corrected chi connectivity index (χ2v) is 11.7. The molecule has 0 unspecified atom stereocenters. The van der Waals surface area contributed by atoms with Crippen LogP contribution in [0.3, 0.4) is 0 Å². The lowest BCUT2D eigenvalue weighted by Crippen LogP contribution is -2.53. The van der Waals surface area contributed by atoms with Gasteiger partial charge in [-0.25, -0.2) is 8.42 Å². The molecular formula is C25H26Br2N2O2S. The van der Waals surface area contributed by atoms with Crippen LogP contribution in [0.4, 0.5) is 0 Å². The maximum absolute atomic E-state index is 13.2. The number of sulfonamides is 1. The van der Waals surface area contributed by atoms with E-state index in [-0.39, 0.29) is 0 Å². The van der Waals surface area contributed by atoms with Crippen molar-refractivity contribution < 1.29 is 8.42 Å². The van der Waals surface area contributed by atoms with Gasteiger partial charge >= 0.3 is 0 Å². The van der Waals surface area contributed by atoms with Crippen LogP contribution in [-0.2, 0) is 22.9 Å². The summed E-state index contributed by atoms with van der Waals surface area (Å²) in [6, 6.07) is 26.6. The maximum Gasteiger partial charge on any atom is 0.244 e. The van der Waals surface area contributed by atoms with Crippen LogP contribution < -0.4 is 0 Å². The summed E-state index contributed by atoms with van der Waals surface area (Å²) in [4.78, 5) is 2.77. The Balaban J connectivity index is 1.49. The second kappa shape index (κ2) is 10.6. The Kier molecular flexibility index (Phi) is 7.84. The molecular weight excluding hydrogens is 552 g/mol. The highest BCUT2D eigenvalue weighted by atomic mass is 79.9. The molecule has 0 saturated carbocycles. The predicted octanol–water partition coefficient (Wildman–Crippen LogP) is 5.37. The zero-order valence-electron chi connectivity index (χ0n) is 17.7. The summed E-state index contributed by atoms with van der Waals surface area (Å²) in [7, 11) is -3.54. The van der Waals surface area contributed by atoms with Crippen molar-refractivity contribution in [3.63, 3.8) is 0 Å². The Morgan fingerprint density at radius 1 is 0.750 bits per heavy atom. The van der Waals surface area contributed by atoms with Gasteiger partial charge in [0, 0.05) is 41.2 Å². The first-order chi connectivity index (χ1) is 15.4. The molecule has 4 nitrogen and oxygen atoms in total. The predicted molar refractivity (Wildman–Crippen MR) is 136 cm³/mol. The highest BCUT2D eigenvalue weighted by molar-refractivity contribution is 9.11. The number of rotatable bonds is 7. The first-order valence-electron chi connectivity index (χ1n) is 10.7. The molecule has 4 rings (SSSR count). The van der Waals surface area contributed by atoms with Gasteiger partial charge in [0.1, 0.15) is 0 Å². The van der Waals surface area contributed by atoms with Gasteiger partial charge in [-0.3, -0.25) is 4.90 Å². The van der Waals surface area contributed by atoms with Crippen LogP contribution in [-0.4, -0.2) is 49.8 Å². The van der Waals surface area contributed by atoms with E-state index in [4.69, 9.17) is 0 Å². The van der Waals surface area contributed by atoms with Crippen LogP contribution in [0.15, 0.2) is 92.7 Å². The molecule has 1 heterocycles. The molecule has 1 fully saturated rings. The molecule has 1 aliphatic rings. The van der Waals surface area contributed by atoms with Crippen LogP contribution in [0.1, 0.15) is 11.1 Å². The van der Waals surface area contributed by atoms with Crippen molar-refractivity contribution in [1.82, 2.24) is 9.21 Å². The fourth-order valence-corrected chi connectivity index (χ4v) is 7.36. The minimum absolute atomic E-state index is 0.319. The van der Waals surface area contributed by atoms with Crippen molar-refractivity contribution in [1.29, 1.82) is 0 Å². The highest BCUT2D eigenvalue weighted by Gasteiger charge is 2.32. The number of hydrogen-bond acceptors (Lipinski definition) is 3. The third-order valence-electron chi connectivity index (χ3n) is 5.93. The van der Waals surface area contributed by atoms with Crippen molar-refractivity contribution in [2.75, 3.05) is 26.2 Å². The molecule has 0 bridgehead atoms. The standard InChI is InChI=1S/C25H26Br2N2O2S/c26-22-11-12-25(24(27)19-22)32(30,31)29-15-13-28(14-16-29)23(17-20-7-3-1-4-8-20)18-21-9-5-2-6-10-21/h1-12,19,23H,13-18H2. The summed E-state index contributed by atoms with van der Waals surface area (Å²) in [5, 5.41) is 0. The van der Waals surface area contributed by atoms with Crippen molar-refractivity contribution in [3.05, 3.63) is 98.9 Å². The minimum atomic E-state index is -3.54. The molecule has 0 aromatic heterocycles. The van der Waals surface area contributed by atoms with Crippen LogP contribution >= 0.6 is 31.9 Å². The van der Waals surface area contributed by atoms with E-state index < -0.39 is 10.0 Å². The third-order valence-corrected chi connectivity index (χ3v) is 9.30. The second-order valence-electron chi connectivity index (χ2n) is 8.05. The average molecular weight is 578 g/mol. The van der Waals surface area contributed by atoms with Gasteiger partial charge in [-0.2, -0.15) is 4.31 Å². The zero-order valence-corrected chi connectivity index (χ0v) is 21.7. The summed E-state index contributed by atoms with van der Waals surface area (Å²) >= 11 is 6.80. The van der Waals surface area contributed by atoms with E-state index in [2.05, 4.69) is 85.3 Å². The van der Waals surface area contributed by atoms with E-state index in [0.717, 1.165) is 30.4 Å². The van der Waals surface area contributed by atoms with E-state index in [9.17, 15) is 8.42 Å². The van der Waals surface area contributed by atoms with Crippen molar-refractivity contribution in [2.24, 2.45) is 0 Å². The van der Waals surface area contributed by atoms with Gasteiger partial charge in [0.2, 0.25) is 10.0 Å². The maximum atomic E-state index is 13.2. The summed E-state index contributed by atoms with van der Waals surface area (Å²) in [5.74, 6) is 0. The molecule has 168 valence electrons. The normalized spacial score (nSPS) is 15.8. The molecule has 3 aromatic rings. The van der Waals surface area contributed by atoms with Gasteiger partial charge in [-0.05, 0) is 58.1 Å². The van der Waals surface area contributed by atoms with Gasteiger partial charge in [0.25, 0.3) is 0 Å². The molecule has 0 amide bonds. The average Bonchev–Trinajstić information content (AvgIpc) is 2.80. The summed E-state index contributed by atoms with van der Waals surface area (Å²) in [6.07, 6.45) is 1.89. The molecule has 3 aromatic carbocycles. The summed E-state index contributed by atoms with van der Waals surface area (Å²) < 4.78 is 29.5. The number of piperazine rings is 1. The minimum Gasteiger partial charge on any atom is -0.297 e. The Bertz CT molecular complexity index is 1090. The molecule has 0 radical (unpaired) electrons. The number of nitrogens with zero attached hydrogens (tertiary/aromatic N) is 2. The first kappa shape index (κ1) is 23.6. The third kappa shape index (κ3) is 5.69. The molecule has 0 atom stereocenters.